The maximum absolute atomic E-state index is 10.6. The normalized spacial score (nSPS) is 11.0. The molecule has 0 aromatic heterocycles. The number of hydrazone groups is 1. The van der Waals surface area contributed by atoms with Crippen molar-refractivity contribution in [3.8, 4) is 5.75 Å². The van der Waals surface area contributed by atoms with Gasteiger partial charge in [-0.1, -0.05) is 13.8 Å². The van der Waals surface area contributed by atoms with E-state index in [1.54, 1.807) is 18.3 Å². The fraction of sp³-hybridized carbons (Fsp3) is 0.235. The molecule has 0 unspecified atom stereocenters. The number of rotatable bonds is 7. The van der Waals surface area contributed by atoms with Crippen LogP contribution in [0.5, 0.6) is 5.75 Å². The van der Waals surface area contributed by atoms with Crippen molar-refractivity contribution in [3.05, 3.63) is 62.6 Å². The summed E-state index contributed by atoms with van der Waals surface area (Å²) >= 11 is 3.48. The average molecular weight is 392 g/mol. The van der Waals surface area contributed by atoms with Gasteiger partial charge in [0.15, 0.2) is 0 Å². The third-order valence-electron chi connectivity index (χ3n) is 3.01. The second kappa shape index (κ2) is 8.44. The van der Waals surface area contributed by atoms with Crippen molar-refractivity contribution in [1.29, 1.82) is 0 Å². The van der Waals surface area contributed by atoms with Gasteiger partial charge in [0.25, 0.3) is 5.69 Å². The molecule has 6 nitrogen and oxygen atoms in total. The SMILES string of the molecule is CC(C)COc1ccc(/C=N\Nc2ccc([N+](=O)[O-])cc2)cc1Br. The zero-order chi connectivity index (χ0) is 17.5. The Morgan fingerprint density at radius 1 is 1.29 bits per heavy atom. The van der Waals surface area contributed by atoms with E-state index >= 15 is 0 Å². The summed E-state index contributed by atoms with van der Waals surface area (Å²) in [5.74, 6) is 1.26. The van der Waals surface area contributed by atoms with Crippen LogP contribution in [-0.4, -0.2) is 17.7 Å². The molecule has 0 fully saturated rings. The predicted octanol–water partition coefficient (Wildman–Crippen LogP) is 4.84. The zero-order valence-corrected chi connectivity index (χ0v) is 15.0. The van der Waals surface area contributed by atoms with Gasteiger partial charge in [-0.25, -0.2) is 0 Å². The summed E-state index contributed by atoms with van der Waals surface area (Å²) in [5.41, 5.74) is 4.45. The number of ether oxygens (including phenoxy) is 1. The van der Waals surface area contributed by atoms with E-state index in [2.05, 4.69) is 40.3 Å². The summed E-state index contributed by atoms with van der Waals surface area (Å²) in [6.07, 6.45) is 1.67. The maximum Gasteiger partial charge on any atom is 0.269 e. The minimum Gasteiger partial charge on any atom is -0.492 e. The molecule has 0 bridgehead atoms. The molecule has 0 heterocycles. The Kier molecular flexibility index (Phi) is 6.31. The van der Waals surface area contributed by atoms with Crippen molar-refractivity contribution in [2.75, 3.05) is 12.0 Å². The standard InChI is InChI=1S/C17H18BrN3O3/c1-12(2)11-24-17-8-3-13(9-16(17)18)10-19-20-14-4-6-15(7-5-14)21(22)23/h3-10,12,20H,11H2,1-2H3/b19-10-. The van der Waals surface area contributed by atoms with Gasteiger partial charge in [0.05, 0.1) is 27.9 Å². The molecule has 0 aliphatic heterocycles. The smallest absolute Gasteiger partial charge is 0.269 e. The summed E-state index contributed by atoms with van der Waals surface area (Å²) < 4.78 is 6.56. The van der Waals surface area contributed by atoms with E-state index in [1.807, 2.05) is 18.2 Å². The van der Waals surface area contributed by atoms with Gasteiger partial charge in [0, 0.05) is 12.1 Å². The number of anilines is 1. The molecule has 2 aromatic rings. The van der Waals surface area contributed by atoms with Gasteiger partial charge in [0.2, 0.25) is 0 Å². The quantitative estimate of drug-likeness (QED) is 0.416. The second-order valence-electron chi connectivity index (χ2n) is 5.57. The van der Waals surface area contributed by atoms with Crippen LogP contribution in [0.1, 0.15) is 19.4 Å². The van der Waals surface area contributed by atoms with Crippen molar-refractivity contribution >= 4 is 33.5 Å². The molecule has 0 atom stereocenters. The molecule has 2 rings (SSSR count). The highest BCUT2D eigenvalue weighted by atomic mass is 79.9. The second-order valence-corrected chi connectivity index (χ2v) is 6.42. The largest absolute Gasteiger partial charge is 0.492 e. The highest BCUT2D eigenvalue weighted by Gasteiger charge is 2.04. The van der Waals surface area contributed by atoms with E-state index in [4.69, 9.17) is 4.74 Å². The van der Waals surface area contributed by atoms with Crippen LogP contribution in [0, 0.1) is 16.0 Å². The Hall–Kier alpha value is -2.41. The Morgan fingerprint density at radius 2 is 2.00 bits per heavy atom. The van der Waals surface area contributed by atoms with Crippen LogP contribution in [0.2, 0.25) is 0 Å². The van der Waals surface area contributed by atoms with Gasteiger partial charge in [-0.15, -0.1) is 0 Å². The van der Waals surface area contributed by atoms with Crippen LogP contribution in [0.3, 0.4) is 0 Å². The Morgan fingerprint density at radius 3 is 2.58 bits per heavy atom. The van der Waals surface area contributed by atoms with Gasteiger partial charge < -0.3 is 4.74 Å². The van der Waals surface area contributed by atoms with Gasteiger partial charge >= 0.3 is 0 Å². The minimum atomic E-state index is -0.437. The summed E-state index contributed by atoms with van der Waals surface area (Å²) in [6.45, 7) is 4.85. The molecule has 1 N–H and O–H groups in total. The van der Waals surface area contributed by atoms with E-state index in [0.29, 0.717) is 18.2 Å². The third-order valence-corrected chi connectivity index (χ3v) is 3.63. The summed E-state index contributed by atoms with van der Waals surface area (Å²) in [7, 11) is 0. The first-order valence-corrected chi connectivity index (χ1v) is 8.21. The molecule has 0 amide bonds. The fourth-order valence-electron chi connectivity index (χ4n) is 1.81. The molecule has 0 aliphatic rings. The number of halogens is 1. The van der Waals surface area contributed by atoms with Crippen molar-refractivity contribution in [2.24, 2.45) is 11.0 Å². The van der Waals surface area contributed by atoms with Crippen LogP contribution >= 0.6 is 15.9 Å². The van der Waals surface area contributed by atoms with Crippen molar-refractivity contribution in [2.45, 2.75) is 13.8 Å². The summed E-state index contributed by atoms with van der Waals surface area (Å²) in [4.78, 5) is 10.2. The molecule has 0 aliphatic carbocycles. The lowest BCUT2D eigenvalue weighted by molar-refractivity contribution is -0.384. The maximum atomic E-state index is 10.6. The monoisotopic (exact) mass is 391 g/mol. The lowest BCUT2D eigenvalue weighted by atomic mass is 10.2. The Labute approximate surface area is 148 Å². The summed E-state index contributed by atoms with van der Waals surface area (Å²) in [5, 5.41) is 14.7. The van der Waals surface area contributed by atoms with Gasteiger partial charge in [-0.3, -0.25) is 15.5 Å². The van der Waals surface area contributed by atoms with Crippen molar-refractivity contribution in [3.63, 3.8) is 0 Å². The van der Waals surface area contributed by atoms with E-state index in [0.717, 1.165) is 15.8 Å². The number of nitrogens with one attached hydrogen (secondary N) is 1. The van der Waals surface area contributed by atoms with E-state index in [9.17, 15) is 10.1 Å². The third kappa shape index (κ3) is 5.34. The zero-order valence-electron chi connectivity index (χ0n) is 13.4. The molecular formula is C17H18BrN3O3. The Bertz CT molecular complexity index is 730. The molecule has 126 valence electrons. The highest BCUT2D eigenvalue weighted by Crippen LogP contribution is 2.26. The summed E-state index contributed by atoms with van der Waals surface area (Å²) in [6, 6.07) is 11.8. The van der Waals surface area contributed by atoms with Crippen LogP contribution in [-0.2, 0) is 0 Å². The van der Waals surface area contributed by atoms with Crippen molar-refractivity contribution < 1.29 is 9.66 Å². The molecule has 24 heavy (non-hydrogen) atoms. The van der Waals surface area contributed by atoms with E-state index < -0.39 is 4.92 Å². The average Bonchev–Trinajstić information content (AvgIpc) is 2.54. The van der Waals surface area contributed by atoms with E-state index in [-0.39, 0.29) is 5.69 Å². The highest BCUT2D eigenvalue weighted by molar-refractivity contribution is 9.10. The number of nitro benzene ring substituents is 1. The lowest BCUT2D eigenvalue weighted by Gasteiger charge is -2.10. The molecular weight excluding hydrogens is 374 g/mol. The molecule has 2 aromatic carbocycles. The topological polar surface area (TPSA) is 76.8 Å². The molecule has 0 radical (unpaired) electrons. The molecule has 0 saturated heterocycles. The first-order valence-electron chi connectivity index (χ1n) is 7.41. The number of hydrogen-bond acceptors (Lipinski definition) is 5. The molecule has 7 heteroatoms. The predicted molar refractivity (Wildman–Crippen MR) is 98.8 cm³/mol. The number of nitrogens with zero attached hydrogens (tertiary/aromatic N) is 2. The first-order chi connectivity index (χ1) is 11.5. The molecule has 0 saturated carbocycles. The van der Waals surface area contributed by atoms with E-state index in [1.165, 1.54) is 12.1 Å². The van der Waals surface area contributed by atoms with Gasteiger partial charge in [-0.05, 0) is 57.7 Å². The first kappa shape index (κ1) is 17.9. The van der Waals surface area contributed by atoms with Crippen LogP contribution in [0.15, 0.2) is 52.0 Å². The Balaban J connectivity index is 1.96. The van der Waals surface area contributed by atoms with Gasteiger partial charge in [-0.2, -0.15) is 5.10 Å². The van der Waals surface area contributed by atoms with Crippen molar-refractivity contribution in [1.82, 2.24) is 0 Å². The number of nitro groups is 1. The van der Waals surface area contributed by atoms with Crippen LogP contribution < -0.4 is 10.2 Å². The fourth-order valence-corrected chi connectivity index (χ4v) is 2.32. The minimum absolute atomic E-state index is 0.0467. The van der Waals surface area contributed by atoms with Crippen LogP contribution in [0.4, 0.5) is 11.4 Å². The van der Waals surface area contributed by atoms with Gasteiger partial charge in [0.1, 0.15) is 5.75 Å². The molecule has 0 spiro atoms. The number of hydrogen-bond donors (Lipinski definition) is 1. The lowest BCUT2D eigenvalue weighted by Crippen LogP contribution is -2.05. The number of non-ortho nitro benzene ring substituents is 1. The van der Waals surface area contributed by atoms with Crippen LogP contribution in [0.25, 0.3) is 0 Å². The number of benzene rings is 2.